The van der Waals surface area contributed by atoms with Gasteiger partial charge in [-0.2, -0.15) is 0 Å². The Morgan fingerprint density at radius 1 is 0.900 bits per heavy atom. The molecular weight excluding hydrogens is 270 g/mol. The summed E-state index contributed by atoms with van der Waals surface area (Å²) in [5.74, 6) is 0.574. The fraction of sp³-hybridized carbons (Fsp3) is 1.00. The van der Waals surface area contributed by atoms with Gasteiger partial charge in [0.1, 0.15) is 0 Å². The van der Waals surface area contributed by atoms with Crippen LogP contribution >= 0.6 is 0 Å². The fourth-order valence-corrected chi connectivity index (χ4v) is 6.91. The smallest absolute Gasteiger partial charge is 0.157 e. The van der Waals surface area contributed by atoms with Gasteiger partial charge in [-0.1, -0.05) is 45.4 Å². The van der Waals surface area contributed by atoms with Crippen molar-refractivity contribution >= 4 is 9.84 Å². The van der Waals surface area contributed by atoms with Gasteiger partial charge < -0.3 is 5.32 Å². The van der Waals surface area contributed by atoms with E-state index in [1.165, 1.54) is 25.7 Å². The molecule has 2 aliphatic rings. The van der Waals surface area contributed by atoms with Gasteiger partial charge in [0.2, 0.25) is 0 Å². The number of sulfone groups is 1. The molecule has 20 heavy (non-hydrogen) atoms. The molecule has 4 atom stereocenters. The first-order valence-electron chi connectivity index (χ1n) is 8.45. The Morgan fingerprint density at radius 2 is 1.60 bits per heavy atom. The average molecular weight is 301 g/mol. The van der Waals surface area contributed by atoms with E-state index in [1.54, 1.807) is 0 Å². The van der Waals surface area contributed by atoms with Crippen LogP contribution in [0.5, 0.6) is 0 Å². The Hall–Kier alpha value is -0.0900. The van der Waals surface area contributed by atoms with Crippen molar-refractivity contribution in [2.75, 3.05) is 7.05 Å². The molecule has 2 saturated carbocycles. The van der Waals surface area contributed by atoms with E-state index in [0.29, 0.717) is 5.92 Å². The predicted octanol–water partition coefficient (Wildman–Crippen LogP) is 3.29. The summed E-state index contributed by atoms with van der Waals surface area (Å²) < 4.78 is 26.2. The minimum Gasteiger partial charge on any atom is -0.316 e. The highest BCUT2D eigenvalue weighted by atomic mass is 32.2. The Labute approximate surface area is 124 Å². The average Bonchev–Trinajstić information content (AvgIpc) is 2.38. The number of hydrogen-bond donors (Lipinski definition) is 1. The lowest BCUT2D eigenvalue weighted by Crippen LogP contribution is -2.47. The third-order valence-corrected chi connectivity index (χ3v) is 8.11. The first-order valence-corrected chi connectivity index (χ1v) is 10.1. The third-order valence-electron chi connectivity index (χ3n) is 5.35. The van der Waals surface area contributed by atoms with E-state index in [1.807, 2.05) is 7.05 Å². The Kier molecular flexibility index (Phi) is 5.91. The van der Waals surface area contributed by atoms with Gasteiger partial charge in [0.25, 0.3) is 0 Å². The van der Waals surface area contributed by atoms with Crippen LogP contribution in [0.4, 0.5) is 0 Å². The molecule has 0 heterocycles. The van der Waals surface area contributed by atoms with Crippen LogP contribution in [0.3, 0.4) is 0 Å². The van der Waals surface area contributed by atoms with Crippen molar-refractivity contribution in [3.63, 3.8) is 0 Å². The van der Waals surface area contributed by atoms with E-state index in [9.17, 15) is 8.42 Å². The van der Waals surface area contributed by atoms with Crippen LogP contribution in [0.25, 0.3) is 0 Å². The summed E-state index contributed by atoms with van der Waals surface area (Å²) in [6, 6.07) is 0.164. The monoisotopic (exact) mass is 301 g/mol. The van der Waals surface area contributed by atoms with Crippen LogP contribution in [0.2, 0.25) is 0 Å². The summed E-state index contributed by atoms with van der Waals surface area (Å²) >= 11 is 0. The van der Waals surface area contributed by atoms with Gasteiger partial charge in [0, 0.05) is 6.04 Å². The minimum absolute atomic E-state index is 0.0773. The van der Waals surface area contributed by atoms with E-state index >= 15 is 0 Å². The van der Waals surface area contributed by atoms with Gasteiger partial charge in [0.05, 0.1) is 10.5 Å². The summed E-state index contributed by atoms with van der Waals surface area (Å²) in [6.45, 7) is 2.20. The topological polar surface area (TPSA) is 46.2 Å². The normalized spacial score (nSPS) is 37.1. The molecular formula is C16H31NO2S. The standard InChI is InChI=1S/C16H31NO2S/c1-13-8-7-9-14(12-13)20(18,19)16-11-6-4-3-5-10-15(16)17-2/h13-17H,3-12H2,1-2H3. The van der Waals surface area contributed by atoms with E-state index in [-0.39, 0.29) is 16.5 Å². The Bertz CT molecular complexity index is 393. The zero-order chi connectivity index (χ0) is 14.6. The maximum atomic E-state index is 13.1. The summed E-state index contributed by atoms with van der Waals surface area (Å²) in [4.78, 5) is 0. The molecule has 0 aliphatic heterocycles. The Morgan fingerprint density at radius 3 is 2.25 bits per heavy atom. The molecule has 3 nitrogen and oxygen atoms in total. The van der Waals surface area contributed by atoms with Crippen LogP contribution < -0.4 is 5.32 Å². The Balaban J connectivity index is 2.15. The van der Waals surface area contributed by atoms with Gasteiger partial charge in [-0.25, -0.2) is 8.42 Å². The molecule has 0 amide bonds. The minimum atomic E-state index is -2.98. The second-order valence-corrected chi connectivity index (χ2v) is 9.36. The van der Waals surface area contributed by atoms with Crippen molar-refractivity contribution in [2.45, 2.75) is 87.7 Å². The first-order chi connectivity index (χ1) is 9.55. The first kappa shape index (κ1) is 16.3. The highest BCUT2D eigenvalue weighted by Crippen LogP contribution is 2.33. The van der Waals surface area contributed by atoms with Crippen LogP contribution in [0.15, 0.2) is 0 Å². The number of rotatable bonds is 3. The van der Waals surface area contributed by atoms with E-state index in [0.717, 1.165) is 38.5 Å². The molecule has 2 fully saturated rings. The zero-order valence-corrected chi connectivity index (χ0v) is 13.9. The zero-order valence-electron chi connectivity index (χ0n) is 13.1. The van der Waals surface area contributed by atoms with Crippen molar-refractivity contribution in [3.8, 4) is 0 Å². The van der Waals surface area contributed by atoms with Crippen LogP contribution in [0.1, 0.15) is 71.1 Å². The highest BCUT2D eigenvalue weighted by molar-refractivity contribution is 7.92. The molecule has 0 aromatic carbocycles. The molecule has 0 aromatic rings. The van der Waals surface area contributed by atoms with Crippen molar-refractivity contribution in [2.24, 2.45) is 5.92 Å². The molecule has 118 valence electrons. The van der Waals surface area contributed by atoms with Crippen molar-refractivity contribution in [1.82, 2.24) is 5.32 Å². The lowest BCUT2D eigenvalue weighted by molar-refractivity contribution is 0.366. The van der Waals surface area contributed by atoms with E-state index < -0.39 is 9.84 Å². The summed E-state index contributed by atoms with van der Waals surface area (Å²) in [6.07, 6.45) is 10.6. The number of hydrogen-bond acceptors (Lipinski definition) is 3. The van der Waals surface area contributed by atoms with Gasteiger partial charge in [-0.05, 0) is 38.6 Å². The van der Waals surface area contributed by atoms with Gasteiger partial charge in [0.15, 0.2) is 9.84 Å². The molecule has 2 rings (SSSR count). The van der Waals surface area contributed by atoms with Crippen LogP contribution in [-0.2, 0) is 9.84 Å². The second-order valence-electron chi connectivity index (χ2n) is 6.91. The third kappa shape index (κ3) is 3.76. The van der Waals surface area contributed by atoms with E-state index in [4.69, 9.17) is 0 Å². The SMILES string of the molecule is CNC1CCCCCCC1S(=O)(=O)C1CCCC(C)C1. The number of nitrogens with one attached hydrogen (secondary N) is 1. The molecule has 0 spiro atoms. The van der Waals surface area contributed by atoms with Crippen LogP contribution in [0, 0.1) is 5.92 Å². The highest BCUT2D eigenvalue weighted by Gasteiger charge is 2.39. The predicted molar refractivity (Wildman–Crippen MR) is 84.7 cm³/mol. The summed E-state index contributed by atoms with van der Waals surface area (Å²) in [5, 5.41) is 3.07. The van der Waals surface area contributed by atoms with Crippen molar-refractivity contribution in [1.29, 1.82) is 0 Å². The molecule has 1 N–H and O–H groups in total. The van der Waals surface area contributed by atoms with Gasteiger partial charge in [-0.3, -0.25) is 0 Å². The molecule has 4 heteroatoms. The maximum Gasteiger partial charge on any atom is 0.157 e. The fourth-order valence-electron chi connectivity index (χ4n) is 4.10. The lowest BCUT2D eigenvalue weighted by atomic mass is 9.90. The molecule has 2 aliphatic carbocycles. The molecule has 0 aromatic heterocycles. The van der Waals surface area contributed by atoms with E-state index in [2.05, 4.69) is 12.2 Å². The van der Waals surface area contributed by atoms with Gasteiger partial charge in [-0.15, -0.1) is 0 Å². The molecule has 4 unspecified atom stereocenters. The molecule has 0 saturated heterocycles. The summed E-state index contributed by atoms with van der Waals surface area (Å²) in [7, 11) is -1.05. The quantitative estimate of drug-likeness (QED) is 0.870. The second kappa shape index (κ2) is 7.26. The summed E-state index contributed by atoms with van der Waals surface area (Å²) in [5.41, 5.74) is 0. The van der Waals surface area contributed by atoms with Gasteiger partial charge >= 0.3 is 0 Å². The van der Waals surface area contributed by atoms with Crippen molar-refractivity contribution in [3.05, 3.63) is 0 Å². The van der Waals surface area contributed by atoms with Crippen molar-refractivity contribution < 1.29 is 8.42 Å². The van der Waals surface area contributed by atoms with Crippen LogP contribution in [-0.4, -0.2) is 32.0 Å². The largest absolute Gasteiger partial charge is 0.316 e. The molecule has 0 bridgehead atoms. The molecule has 0 radical (unpaired) electrons. The lowest BCUT2D eigenvalue weighted by Gasteiger charge is -2.34. The maximum absolute atomic E-state index is 13.1.